The predicted molar refractivity (Wildman–Crippen MR) is 47.5 cm³/mol. The summed E-state index contributed by atoms with van der Waals surface area (Å²) in [7, 11) is 0. The highest BCUT2D eigenvalue weighted by atomic mass is 14.8. The van der Waals surface area contributed by atoms with Gasteiger partial charge >= 0.3 is 0 Å². The van der Waals surface area contributed by atoms with Crippen LogP contribution in [0.1, 0.15) is 32.2 Å². The summed E-state index contributed by atoms with van der Waals surface area (Å²) in [5, 5.41) is 0. The van der Waals surface area contributed by atoms with Crippen LogP contribution in [0.2, 0.25) is 0 Å². The van der Waals surface area contributed by atoms with Gasteiger partial charge in [0.1, 0.15) is 0 Å². The van der Waals surface area contributed by atoms with E-state index < -0.39 is 0 Å². The van der Waals surface area contributed by atoms with Crippen LogP contribution in [0, 0.1) is 6.92 Å². The molecule has 11 heavy (non-hydrogen) atoms. The molecule has 0 aliphatic rings. The average molecular weight is 152 g/mol. The van der Waals surface area contributed by atoms with Gasteiger partial charge in [-0.05, 0) is 13.3 Å². The van der Waals surface area contributed by atoms with Crippen molar-refractivity contribution in [3.05, 3.63) is 23.8 Å². The number of aromatic nitrogens is 2. The fourth-order valence-electron chi connectivity index (χ4n) is 0.602. The molecule has 0 unspecified atom stereocenters. The van der Waals surface area contributed by atoms with Crippen molar-refractivity contribution in [2.75, 3.05) is 0 Å². The second-order valence-electron chi connectivity index (χ2n) is 2.00. The van der Waals surface area contributed by atoms with Gasteiger partial charge in [-0.2, -0.15) is 0 Å². The highest BCUT2D eigenvalue weighted by Gasteiger charge is 1.87. The van der Waals surface area contributed by atoms with Crippen molar-refractivity contribution in [1.82, 2.24) is 9.97 Å². The summed E-state index contributed by atoms with van der Waals surface area (Å²) in [5.74, 6) is 0. The molecule has 2 heteroatoms. The molecule has 0 aromatic carbocycles. The summed E-state index contributed by atoms with van der Waals surface area (Å²) >= 11 is 0. The normalized spacial score (nSPS) is 8.36. The van der Waals surface area contributed by atoms with Gasteiger partial charge in [-0.3, -0.25) is 9.97 Å². The minimum absolute atomic E-state index is 0.966. The molecule has 0 saturated carbocycles. The van der Waals surface area contributed by atoms with E-state index in [1.54, 1.807) is 6.20 Å². The van der Waals surface area contributed by atoms with Gasteiger partial charge < -0.3 is 0 Å². The second kappa shape index (κ2) is 5.83. The second-order valence-corrected chi connectivity index (χ2v) is 2.00. The predicted octanol–water partition coefficient (Wildman–Crippen LogP) is 2.37. The SMILES string of the molecule is CC.CCc1cnc(C)cn1. The van der Waals surface area contributed by atoms with E-state index >= 15 is 0 Å². The summed E-state index contributed by atoms with van der Waals surface area (Å²) in [4.78, 5) is 8.22. The van der Waals surface area contributed by atoms with Crippen LogP contribution in [0.3, 0.4) is 0 Å². The maximum Gasteiger partial charge on any atom is 0.0584 e. The lowest BCUT2D eigenvalue weighted by Gasteiger charge is -1.92. The third-order valence-electron chi connectivity index (χ3n) is 1.20. The Morgan fingerprint density at radius 2 is 1.82 bits per heavy atom. The topological polar surface area (TPSA) is 25.8 Å². The van der Waals surface area contributed by atoms with E-state index in [-0.39, 0.29) is 0 Å². The molecule has 0 spiro atoms. The van der Waals surface area contributed by atoms with Crippen LogP contribution in [0.15, 0.2) is 12.4 Å². The molecule has 0 radical (unpaired) electrons. The van der Waals surface area contributed by atoms with Crippen LogP contribution in [0.25, 0.3) is 0 Å². The zero-order valence-electron chi connectivity index (χ0n) is 7.76. The first kappa shape index (κ1) is 10.1. The number of hydrogen-bond acceptors (Lipinski definition) is 2. The fraction of sp³-hybridized carbons (Fsp3) is 0.556. The Morgan fingerprint density at radius 3 is 2.18 bits per heavy atom. The molecule has 2 nitrogen and oxygen atoms in total. The quantitative estimate of drug-likeness (QED) is 0.617. The number of aryl methyl sites for hydroxylation is 2. The van der Waals surface area contributed by atoms with Crippen LogP contribution in [0.5, 0.6) is 0 Å². The Kier molecular flexibility index (Phi) is 5.35. The van der Waals surface area contributed by atoms with Crippen molar-refractivity contribution in [1.29, 1.82) is 0 Å². The molecular formula is C9H16N2. The molecule has 0 fully saturated rings. The van der Waals surface area contributed by atoms with E-state index in [4.69, 9.17) is 0 Å². The monoisotopic (exact) mass is 152 g/mol. The average Bonchev–Trinajstić information content (AvgIpc) is 2.10. The zero-order chi connectivity index (χ0) is 8.69. The van der Waals surface area contributed by atoms with Crippen molar-refractivity contribution in [2.24, 2.45) is 0 Å². The molecule has 1 rings (SSSR count). The first-order chi connectivity index (χ1) is 5.33. The van der Waals surface area contributed by atoms with Crippen LogP contribution < -0.4 is 0 Å². The van der Waals surface area contributed by atoms with Crippen molar-refractivity contribution in [2.45, 2.75) is 34.1 Å². The van der Waals surface area contributed by atoms with E-state index in [0.717, 1.165) is 17.8 Å². The van der Waals surface area contributed by atoms with E-state index in [0.29, 0.717) is 0 Å². The molecule has 0 atom stereocenters. The van der Waals surface area contributed by atoms with Gasteiger partial charge in [-0.1, -0.05) is 20.8 Å². The van der Waals surface area contributed by atoms with Gasteiger partial charge in [0.15, 0.2) is 0 Å². The van der Waals surface area contributed by atoms with Gasteiger partial charge in [0.05, 0.1) is 11.4 Å². The first-order valence-corrected chi connectivity index (χ1v) is 4.10. The fourth-order valence-corrected chi connectivity index (χ4v) is 0.602. The Balaban J connectivity index is 0.000000461. The molecule has 0 N–H and O–H groups in total. The van der Waals surface area contributed by atoms with Gasteiger partial charge in [0.2, 0.25) is 0 Å². The maximum absolute atomic E-state index is 4.13. The molecule has 0 aliphatic carbocycles. The number of rotatable bonds is 1. The first-order valence-electron chi connectivity index (χ1n) is 4.10. The standard InChI is InChI=1S/C7H10N2.C2H6/c1-3-7-5-8-6(2)4-9-7;1-2/h4-5H,3H2,1-2H3;1-2H3. The number of hydrogen-bond donors (Lipinski definition) is 0. The van der Waals surface area contributed by atoms with Crippen LogP contribution in [0.4, 0.5) is 0 Å². The van der Waals surface area contributed by atoms with Crippen molar-refractivity contribution >= 4 is 0 Å². The smallest absolute Gasteiger partial charge is 0.0584 e. The third kappa shape index (κ3) is 3.71. The minimum Gasteiger partial charge on any atom is -0.258 e. The third-order valence-corrected chi connectivity index (χ3v) is 1.20. The maximum atomic E-state index is 4.13. The summed E-state index contributed by atoms with van der Waals surface area (Å²) in [6.07, 6.45) is 4.57. The van der Waals surface area contributed by atoms with E-state index in [1.165, 1.54) is 0 Å². The van der Waals surface area contributed by atoms with Crippen LogP contribution in [-0.4, -0.2) is 9.97 Å². The Labute approximate surface area is 68.7 Å². The molecule has 0 aliphatic heterocycles. The summed E-state index contributed by atoms with van der Waals surface area (Å²) < 4.78 is 0. The molecule has 0 saturated heterocycles. The summed E-state index contributed by atoms with van der Waals surface area (Å²) in [5.41, 5.74) is 2.04. The molecule has 62 valence electrons. The summed E-state index contributed by atoms with van der Waals surface area (Å²) in [6, 6.07) is 0. The highest BCUT2D eigenvalue weighted by molar-refractivity contribution is 4.99. The highest BCUT2D eigenvalue weighted by Crippen LogP contribution is 1.92. The van der Waals surface area contributed by atoms with E-state index in [9.17, 15) is 0 Å². The van der Waals surface area contributed by atoms with Crippen molar-refractivity contribution in [3.63, 3.8) is 0 Å². The minimum atomic E-state index is 0.966. The van der Waals surface area contributed by atoms with Crippen LogP contribution >= 0.6 is 0 Å². The van der Waals surface area contributed by atoms with Crippen molar-refractivity contribution < 1.29 is 0 Å². The molecule has 0 amide bonds. The molecular weight excluding hydrogens is 136 g/mol. The largest absolute Gasteiger partial charge is 0.258 e. The van der Waals surface area contributed by atoms with Crippen molar-refractivity contribution in [3.8, 4) is 0 Å². The number of nitrogens with zero attached hydrogens (tertiary/aromatic N) is 2. The summed E-state index contributed by atoms with van der Waals surface area (Å²) in [6.45, 7) is 8.01. The van der Waals surface area contributed by atoms with Crippen LogP contribution in [-0.2, 0) is 6.42 Å². The molecule has 1 aromatic rings. The molecule has 1 aromatic heterocycles. The Morgan fingerprint density at radius 1 is 1.18 bits per heavy atom. The lowest BCUT2D eigenvalue weighted by Crippen LogP contribution is -1.89. The Bertz CT molecular complexity index is 179. The lowest BCUT2D eigenvalue weighted by molar-refractivity contribution is 0.977. The van der Waals surface area contributed by atoms with Gasteiger partial charge in [0.25, 0.3) is 0 Å². The van der Waals surface area contributed by atoms with Gasteiger partial charge in [0, 0.05) is 12.4 Å². The van der Waals surface area contributed by atoms with Gasteiger partial charge in [-0.15, -0.1) is 0 Å². The molecule has 0 bridgehead atoms. The Hall–Kier alpha value is -0.920. The van der Waals surface area contributed by atoms with E-state index in [1.807, 2.05) is 27.0 Å². The van der Waals surface area contributed by atoms with Gasteiger partial charge in [-0.25, -0.2) is 0 Å². The zero-order valence-corrected chi connectivity index (χ0v) is 7.76. The lowest BCUT2D eigenvalue weighted by atomic mass is 10.3. The van der Waals surface area contributed by atoms with E-state index in [2.05, 4.69) is 16.9 Å². The molecule has 1 heterocycles.